The summed E-state index contributed by atoms with van der Waals surface area (Å²) >= 11 is 0. The van der Waals surface area contributed by atoms with E-state index in [9.17, 15) is 22.8 Å². The number of nitrogens with one attached hydrogen (secondary N) is 1. The molecule has 6 nitrogen and oxygen atoms in total. The Hall–Kier alpha value is -3.88. The molecule has 1 heterocycles. The van der Waals surface area contributed by atoms with Crippen LogP contribution in [-0.4, -0.2) is 22.6 Å². The van der Waals surface area contributed by atoms with Crippen LogP contribution in [-0.2, 0) is 11.2 Å². The first-order valence-electron chi connectivity index (χ1n) is 10.4. The Morgan fingerprint density at radius 2 is 1.74 bits per heavy atom. The van der Waals surface area contributed by atoms with Gasteiger partial charge in [0.1, 0.15) is 23.1 Å². The number of benzene rings is 2. The Bertz CT molecular complexity index is 1210. The number of carbonyl (C=O) groups excluding carboxylic acids is 2. The molecule has 0 aliphatic rings. The van der Waals surface area contributed by atoms with Gasteiger partial charge in [-0.05, 0) is 68.7 Å². The second-order valence-corrected chi connectivity index (χ2v) is 8.68. The number of rotatable bonds is 6. The van der Waals surface area contributed by atoms with Crippen molar-refractivity contribution in [1.29, 1.82) is 0 Å². The molecule has 9 heteroatoms. The fourth-order valence-electron chi connectivity index (χ4n) is 3.45. The lowest BCUT2D eigenvalue weighted by Crippen LogP contribution is -2.36. The zero-order valence-electron chi connectivity index (χ0n) is 18.9. The van der Waals surface area contributed by atoms with Crippen molar-refractivity contribution in [3.05, 3.63) is 89.0 Å². The van der Waals surface area contributed by atoms with Gasteiger partial charge in [-0.3, -0.25) is 9.78 Å². The van der Waals surface area contributed by atoms with Gasteiger partial charge in [-0.25, -0.2) is 18.0 Å². The molecule has 0 radical (unpaired) electrons. The molecule has 0 fully saturated rings. The number of nitrogens with two attached hydrogens (primary N) is 1. The first kappa shape index (κ1) is 24.8. The Morgan fingerprint density at radius 3 is 2.35 bits per heavy atom. The van der Waals surface area contributed by atoms with Gasteiger partial charge in [0.2, 0.25) is 0 Å². The molecule has 0 saturated carbocycles. The van der Waals surface area contributed by atoms with E-state index in [0.717, 1.165) is 24.3 Å². The molecular formula is C25H24F3N3O3. The van der Waals surface area contributed by atoms with Gasteiger partial charge in [0.15, 0.2) is 0 Å². The number of hydrogen-bond acceptors (Lipinski definition) is 4. The van der Waals surface area contributed by atoms with E-state index in [2.05, 4.69) is 10.3 Å². The quantitative estimate of drug-likeness (QED) is 0.525. The number of amides is 2. The van der Waals surface area contributed by atoms with Crippen LogP contribution in [0.4, 0.5) is 18.0 Å². The van der Waals surface area contributed by atoms with Crippen LogP contribution in [0.15, 0.2) is 54.7 Å². The fourth-order valence-corrected chi connectivity index (χ4v) is 3.45. The van der Waals surface area contributed by atoms with Crippen LogP contribution in [0, 0.1) is 17.5 Å². The third-order valence-electron chi connectivity index (χ3n) is 4.76. The van der Waals surface area contributed by atoms with E-state index in [-0.39, 0.29) is 17.5 Å². The number of carbonyl (C=O) groups is 2. The predicted molar refractivity (Wildman–Crippen MR) is 120 cm³/mol. The second-order valence-electron chi connectivity index (χ2n) is 8.68. The van der Waals surface area contributed by atoms with Crippen LogP contribution in [0.25, 0.3) is 11.1 Å². The Morgan fingerprint density at radius 1 is 1.06 bits per heavy atom. The maximum atomic E-state index is 14.0. The summed E-state index contributed by atoms with van der Waals surface area (Å²) in [5.74, 6) is -3.25. The van der Waals surface area contributed by atoms with Crippen molar-refractivity contribution in [2.24, 2.45) is 5.73 Å². The van der Waals surface area contributed by atoms with Gasteiger partial charge in [0.05, 0.1) is 17.3 Å². The highest BCUT2D eigenvalue weighted by Gasteiger charge is 2.25. The summed E-state index contributed by atoms with van der Waals surface area (Å²) in [5, 5.41) is 2.70. The summed E-state index contributed by atoms with van der Waals surface area (Å²) in [7, 11) is 0. The van der Waals surface area contributed by atoms with Crippen molar-refractivity contribution in [3.63, 3.8) is 0 Å². The van der Waals surface area contributed by atoms with Gasteiger partial charge in [0.25, 0.3) is 5.91 Å². The topological polar surface area (TPSA) is 94.3 Å². The standard InChI is InChI=1S/C25H24F3N3O3/c1-25(2,3)34-24(33)31-21(11-14-9-16(26)13-17(27)10-14)22-18(5-4-8-30-22)15-6-7-20(28)19(12-15)23(29)32/h4-10,12-13,21H,11H2,1-3H3,(H2,29,32)(H,31,33)/t21-/m0/s1. The van der Waals surface area contributed by atoms with Gasteiger partial charge in [-0.1, -0.05) is 12.1 Å². The molecule has 34 heavy (non-hydrogen) atoms. The maximum absolute atomic E-state index is 14.0. The lowest BCUT2D eigenvalue weighted by molar-refractivity contribution is 0.0502. The van der Waals surface area contributed by atoms with Crippen molar-refractivity contribution >= 4 is 12.0 Å². The van der Waals surface area contributed by atoms with Gasteiger partial charge >= 0.3 is 6.09 Å². The van der Waals surface area contributed by atoms with E-state index in [1.807, 2.05) is 0 Å². The number of primary amides is 1. The van der Waals surface area contributed by atoms with Crippen LogP contribution >= 0.6 is 0 Å². The molecule has 0 aliphatic carbocycles. The first-order valence-corrected chi connectivity index (χ1v) is 10.4. The highest BCUT2D eigenvalue weighted by Crippen LogP contribution is 2.30. The normalized spacial score (nSPS) is 12.2. The SMILES string of the molecule is CC(C)(C)OC(=O)N[C@@H](Cc1cc(F)cc(F)c1)c1ncccc1-c1ccc(F)c(C(N)=O)c1. The predicted octanol–water partition coefficient (Wildman–Crippen LogP) is 5.07. The van der Waals surface area contributed by atoms with E-state index in [1.165, 1.54) is 18.3 Å². The largest absolute Gasteiger partial charge is 0.444 e. The smallest absolute Gasteiger partial charge is 0.408 e. The number of pyridine rings is 1. The Labute approximate surface area is 195 Å². The number of ether oxygens (including phenoxy) is 1. The molecule has 0 bridgehead atoms. The molecule has 0 saturated heterocycles. The van der Waals surface area contributed by atoms with E-state index >= 15 is 0 Å². The molecule has 2 amide bonds. The number of halogens is 3. The van der Waals surface area contributed by atoms with E-state index in [1.54, 1.807) is 32.9 Å². The molecule has 1 atom stereocenters. The fraction of sp³-hybridized carbons (Fsp3) is 0.240. The molecule has 0 aliphatic heterocycles. The minimum Gasteiger partial charge on any atom is -0.444 e. The zero-order chi connectivity index (χ0) is 25.0. The Kier molecular flexibility index (Phi) is 7.24. The molecule has 3 N–H and O–H groups in total. The molecule has 1 aromatic heterocycles. The molecular weight excluding hydrogens is 447 g/mol. The maximum Gasteiger partial charge on any atom is 0.408 e. The van der Waals surface area contributed by atoms with Gasteiger partial charge < -0.3 is 15.8 Å². The number of alkyl carbamates (subject to hydrolysis) is 1. The van der Waals surface area contributed by atoms with Crippen molar-refractivity contribution in [2.45, 2.75) is 38.8 Å². The van der Waals surface area contributed by atoms with Crippen molar-refractivity contribution in [1.82, 2.24) is 10.3 Å². The van der Waals surface area contributed by atoms with Gasteiger partial charge in [-0.15, -0.1) is 0 Å². The van der Waals surface area contributed by atoms with Crippen LogP contribution in [0.2, 0.25) is 0 Å². The van der Waals surface area contributed by atoms with Crippen molar-refractivity contribution in [2.75, 3.05) is 0 Å². The highest BCUT2D eigenvalue weighted by atomic mass is 19.1. The molecule has 0 spiro atoms. The second kappa shape index (κ2) is 9.94. The first-order chi connectivity index (χ1) is 15.9. The third kappa shape index (κ3) is 6.34. The number of aromatic nitrogens is 1. The summed E-state index contributed by atoms with van der Waals surface area (Å²) in [6.45, 7) is 5.08. The highest BCUT2D eigenvalue weighted by molar-refractivity contribution is 5.94. The summed E-state index contributed by atoms with van der Waals surface area (Å²) < 4.78 is 47.0. The molecule has 2 aromatic carbocycles. The minimum absolute atomic E-state index is 0.0260. The molecule has 178 valence electrons. The van der Waals surface area contributed by atoms with E-state index < -0.39 is 41.1 Å². The summed E-state index contributed by atoms with van der Waals surface area (Å²) in [5.41, 5.74) is 5.64. The van der Waals surface area contributed by atoms with Crippen LogP contribution < -0.4 is 11.1 Å². The number of hydrogen-bond donors (Lipinski definition) is 2. The summed E-state index contributed by atoms with van der Waals surface area (Å²) in [4.78, 5) is 28.6. The van der Waals surface area contributed by atoms with Crippen LogP contribution in [0.3, 0.4) is 0 Å². The van der Waals surface area contributed by atoms with E-state index in [4.69, 9.17) is 10.5 Å². The average Bonchev–Trinajstić information content (AvgIpc) is 2.71. The average molecular weight is 471 g/mol. The molecule has 0 unspecified atom stereocenters. The minimum atomic E-state index is -0.941. The lowest BCUT2D eigenvalue weighted by atomic mass is 9.94. The van der Waals surface area contributed by atoms with Gasteiger partial charge in [0, 0.05) is 17.8 Å². The number of nitrogens with zero attached hydrogens (tertiary/aromatic N) is 1. The molecule has 3 rings (SSSR count). The van der Waals surface area contributed by atoms with Crippen LogP contribution in [0.5, 0.6) is 0 Å². The Balaban J connectivity index is 2.08. The van der Waals surface area contributed by atoms with Gasteiger partial charge in [-0.2, -0.15) is 0 Å². The molecule has 3 aromatic rings. The monoisotopic (exact) mass is 471 g/mol. The van der Waals surface area contributed by atoms with E-state index in [0.29, 0.717) is 16.8 Å². The van der Waals surface area contributed by atoms with Crippen molar-refractivity contribution < 1.29 is 27.5 Å². The van der Waals surface area contributed by atoms with Crippen LogP contribution in [0.1, 0.15) is 48.4 Å². The van der Waals surface area contributed by atoms with Crippen molar-refractivity contribution in [3.8, 4) is 11.1 Å². The lowest BCUT2D eigenvalue weighted by Gasteiger charge is -2.25. The summed E-state index contributed by atoms with van der Waals surface area (Å²) in [6, 6.07) is 9.28. The third-order valence-corrected chi connectivity index (χ3v) is 4.76. The summed E-state index contributed by atoms with van der Waals surface area (Å²) in [6.07, 6.45) is 0.692. The zero-order valence-corrected chi connectivity index (χ0v) is 18.9.